The number of ether oxygens (including phenoxy) is 1. The van der Waals surface area contributed by atoms with Crippen molar-refractivity contribution in [3.8, 4) is 0 Å². The molecule has 2 heterocycles. The van der Waals surface area contributed by atoms with Crippen LogP contribution in [0.2, 0.25) is 0 Å². The highest BCUT2D eigenvalue weighted by atomic mass is 32.2. The number of carbonyl (C=O) groups is 2. The second-order valence-electron chi connectivity index (χ2n) is 5.83. The first-order valence-corrected chi connectivity index (χ1v) is 10.9. The minimum atomic E-state index is -3.22. The number of nitrogens with one attached hydrogen (secondary N) is 1. The molecule has 28 heavy (non-hydrogen) atoms. The van der Waals surface area contributed by atoms with Gasteiger partial charge in [-0.15, -0.1) is 5.10 Å². The molecular formula is C17H18N4O5S2. The predicted octanol–water partition coefficient (Wildman–Crippen LogP) is 1.91. The van der Waals surface area contributed by atoms with Crippen LogP contribution in [0.15, 0.2) is 30.3 Å². The van der Waals surface area contributed by atoms with E-state index in [4.69, 9.17) is 4.74 Å². The Bertz CT molecular complexity index is 999. The Kier molecular flexibility index (Phi) is 6.05. The second-order valence-corrected chi connectivity index (χ2v) is 8.59. The van der Waals surface area contributed by atoms with Crippen molar-refractivity contribution < 1.29 is 22.7 Å². The van der Waals surface area contributed by atoms with Crippen LogP contribution in [0.5, 0.6) is 0 Å². The Labute approximate surface area is 166 Å². The molecule has 11 heteroatoms. The van der Waals surface area contributed by atoms with Gasteiger partial charge in [-0.1, -0.05) is 16.6 Å². The van der Waals surface area contributed by atoms with Crippen molar-refractivity contribution in [2.24, 2.45) is 0 Å². The highest BCUT2D eigenvalue weighted by Gasteiger charge is 2.28. The molecule has 9 nitrogen and oxygen atoms in total. The highest BCUT2D eigenvalue weighted by Crippen LogP contribution is 2.24. The molecule has 0 aliphatic carbocycles. The van der Waals surface area contributed by atoms with Gasteiger partial charge in [-0.2, -0.15) is 0 Å². The molecule has 1 aromatic heterocycles. The number of rotatable bonds is 6. The van der Waals surface area contributed by atoms with Gasteiger partial charge in [0, 0.05) is 24.2 Å². The first-order chi connectivity index (χ1) is 13.4. The van der Waals surface area contributed by atoms with E-state index in [1.807, 2.05) is 0 Å². The summed E-state index contributed by atoms with van der Waals surface area (Å²) in [5.41, 5.74) is 1.29. The number of sulfonamides is 1. The van der Waals surface area contributed by atoms with Gasteiger partial charge in [0.1, 0.15) is 0 Å². The molecular weight excluding hydrogens is 404 g/mol. The van der Waals surface area contributed by atoms with E-state index < -0.39 is 21.9 Å². The van der Waals surface area contributed by atoms with Gasteiger partial charge in [0.2, 0.25) is 21.6 Å². The molecule has 0 saturated carbocycles. The van der Waals surface area contributed by atoms with E-state index in [0.29, 0.717) is 18.7 Å². The summed E-state index contributed by atoms with van der Waals surface area (Å²) < 4.78 is 33.8. The Morgan fingerprint density at radius 3 is 2.71 bits per heavy atom. The van der Waals surface area contributed by atoms with Crippen molar-refractivity contribution in [3.63, 3.8) is 0 Å². The van der Waals surface area contributed by atoms with Crippen molar-refractivity contribution in [3.05, 3.63) is 41.6 Å². The van der Waals surface area contributed by atoms with Gasteiger partial charge < -0.3 is 10.1 Å². The van der Waals surface area contributed by atoms with Crippen LogP contribution in [0.25, 0.3) is 6.08 Å². The molecule has 1 saturated heterocycles. The number of anilines is 2. The standard InChI is InChI=1S/C17H18N4O5S2/c1-2-26-17(23)15-16(27-20-19-15)18-14(22)9-6-12-4-7-13(8-5-12)21-10-3-11-28(21,24)25/h4-9H,2-3,10-11H2,1H3,(H,18,22)/b9-6+. The number of hydrogen-bond acceptors (Lipinski definition) is 8. The maximum Gasteiger partial charge on any atom is 0.362 e. The predicted molar refractivity (Wildman–Crippen MR) is 106 cm³/mol. The summed E-state index contributed by atoms with van der Waals surface area (Å²) in [6, 6.07) is 6.86. The third-order valence-electron chi connectivity index (χ3n) is 3.90. The molecule has 1 N–H and O–H groups in total. The molecule has 1 aromatic carbocycles. The average Bonchev–Trinajstić information content (AvgIpc) is 3.26. The van der Waals surface area contributed by atoms with E-state index in [9.17, 15) is 18.0 Å². The van der Waals surface area contributed by atoms with Crippen molar-refractivity contribution >= 4 is 50.2 Å². The van der Waals surface area contributed by atoms with E-state index >= 15 is 0 Å². The fourth-order valence-corrected chi connectivity index (χ4v) is 4.74. The summed E-state index contributed by atoms with van der Waals surface area (Å²) >= 11 is 0.879. The zero-order valence-corrected chi connectivity index (χ0v) is 16.6. The van der Waals surface area contributed by atoms with Crippen molar-refractivity contribution in [1.82, 2.24) is 9.59 Å². The van der Waals surface area contributed by atoms with Crippen LogP contribution >= 0.6 is 11.5 Å². The normalized spacial score (nSPS) is 15.7. The lowest BCUT2D eigenvalue weighted by atomic mass is 10.2. The lowest BCUT2D eigenvalue weighted by Gasteiger charge is -2.16. The molecule has 1 fully saturated rings. The fraction of sp³-hybridized carbons (Fsp3) is 0.294. The van der Waals surface area contributed by atoms with E-state index in [1.165, 1.54) is 10.4 Å². The summed E-state index contributed by atoms with van der Waals surface area (Å²) in [6.45, 7) is 2.34. The molecule has 0 unspecified atom stereocenters. The third kappa shape index (κ3) is 4.54. The van der Waals surface area contributed by atoms with Gasteiger partial charge in [0.25, 0.3) is 0 Å². The van der Waals surface area contributed by atoms with Gasteiger partial charge in [0.15, 0.2) is 5.00 Å². The minimum Gasteiger partial charge on any atom is -0.461 e. The Hall–Kier alpha value is -2.79. The van der Waals surface area contributed by atoms with Gasteiger partial charge in [-0.05, 0) is 37.1 Å². The number of benzene rings is 1. The summed E-state index contributed by atoms with van der Waals surface area (Å²) in [7, 11) is -3.22. The monoisotopic (exact) mass is 422 g/mol. The lowest BCUT2D eigenvalue weighted by molar-refractivity contribution is -0.111. The van der Waals surface area contributed by atoms with Crippen LogP contribution in [-0.2, 0) is 19.6 Å². The Morgan fingerprint density at radius 1 is 1.32 bits per heavy atom. The quantitative estimate of drug-likeness (QED) is 0.558. The highest BCUT2D eigenvalue weighted by molar-refractivity contribution is 7.93. The summed E-state index contributed by atoms with van der Waals surface area (Å²) in [5.74, 6) is -0.944. The van der Waals surface area contributed by atoms with Crippen molar-refractivity contribution in [2.75, 3.05) is 28.5 Å². The number of hydrogen-bond donors (Lipinski definition) is 1. The van der Waals surface area contributed by atoms with Gasteiger partial charge in [-0.3, -0.25) is 9.10 Å². The molecule has 3 rings (SSSR count). The Balaban J connectivity index is 1.64. The molecule has 0 radical (unpaired) electrons. The maximum atomic E-state index is 12.1. The van der Waals surface area contributed by atoms with Crippen molar-refractivity contribution in [1.29, 1.82) is 0 Å². The van der Waals surface area contributed by atoms with Crippen LogP contribution in [0, 0.1) is 0 Å². The average molecular weight is 422 g/mol. The number of amides is 1. The van der Waals surface area contributed by atoms with E-state index in [-0.39, 0.29) is 23.1 Å². The topological polar surface area (TPSA) is 119 Å². The SMILES string of the molecule is CCOC(=O)c1nnsc1NC(=O)/C=C/c1ccc(N2CCCS2(=O)=O)cc1. The molecule has 1 amide bonds. The summed E-state index contributed by atoms with van der Waals surface area (Å²) in [4.78, 5) is 23.8. The molecule has 0 spiro atoms. The van der Waals surface area contributed by atoms with Crippen LogP contribution in [0.3, 0.4) is 0 Å². The molecule has 1 aliphatic heterocycles. The summed E-state index contributed by atoms with van der Waals surface area (Å²) in [5, 5.41) is 6.42. The van der Waals surface area contributed by atoms with E-state index in [0.717, 1.165) is 17.1 Å². The minimum absolute atomic E-state index is 0.0372. The number of nitrogens with zero attached hydrogens (tertiary/aromatic N) is 3. The molecule has 0 atom stereocenters. The van der Waals surface area contributed by atoms with Crippen LogP contribution in [0.1, 0.15) is 29.4 Å². The first-order valence-electron chi connectivity index (χ1n) is 8.49. The first kappa shape index (κ1) is 20.0. The van der Waals surface area contributed by atoms with Crippen LogP contribution in [-0.4, -0.2) is 48.8 Å². The third-order valence-corrected chi connectivity index (χ3v) is 6.41. The number of carbonyl (C=O) groups excluding carboxylic acids is 2. The zero-order chi connectivity index (χ0) is 20.1. The van der Waals surface area contributed by atoms with Crippen molar-refractivity contribution in [2.45, 2.75) is 13.3 Å². The van der Waals surface area contributed by atoms with Crippen LogP contribution < -0.4 is 9.62 Å². The number of esters is 1. The Morgan fingerprint density at radius 2 is 2.07 bits per heavy atom. The molecule has 2 aromatic rings. The van der Waals surface area contributed by atoms with E-state index in [1.54, 1.807) is 37.3 Å². The molecule has 0 bridgehead atoms. The van der Waals surface area contributed by atoms with Gasteiger partial charge in [0.05, 0.1) is 18.0 Å². The maximum absolute atomic E-state index is 12.1. The smallest absolute Gasteiger partial charge is 0.362 e. The lowest BCUT2D eigenvalue weighted by Crippen LogP contribution is -2.24. The molecule has 148 valence electrons. The second kappa shape index (κ2) is 8.48. The number of aromatic nitrogens is 2. The van der Waals surface area contributed by atoms with Gasteiger partial charge in [-0.25, -0.2) is 13.2 Å². The van der Waals surface area contributed by atoms with Crippen LogP contribution in [0.4, 0.5) is 10.7 Å². The summed E-state index contributed by atoms with van der Waals surface area (Å²) in [6.07, 6.45) is 3.50. The zero-order valence-electron chi connectivity index (χ0n) is 15.0. The molecule has 1 aliphatic rings. The fourth-order valence-electron chi connectivity index (χ4n) is 2.61. The largest absolute Gasteiger partial charge is 0.461 e. The van der Waals surface area contributed by atoms with E-state index in [2.05, 4.69) is 14.9 Å². The van der Waals surface area contributed by atoms with Gasteiger partial charge >= 0.3 is 5.97 Å².